The Morgan fingerprint density at radius 1 is 1.33 bits per heavy atom. The SMILES string of the molecule is CCC(NC1CCCCCC1)(C(=O)O)c1cccc(Cl)c1. The molecule has 1 aromatic carbocycles. The summed E-state index contributed by atoms with van der Waals surface area (Å²) in [6, 6.07) is 7.48. The van der Waals surface area contributed by atoms with E-state index in [1.54, 1.807) is 12.1 Å². The van der Waals surface area contributed by atoms with Crippen LogP contribution in [-0.2, 0) is 10.3 Å². The summed E-state index contributed by atoms with van der Waals surface area (Å²) in [7, 11) is 0. The molecule has 1 aromatic rings. The van der Waals surface area contributed by atoms with E-state index in [1.807, 2.05) is 19.1 Å². The molecule has 1 aliphatic rings. The first-order valence-electron chi connectivity index (χ1n) is 7.85. The van der Waals surface area contributed by atoms with Gasteiger partial charge < -0.3 is 5.11 Å². The quantitative estimate of drug-likeness (QED) is 0.795. The molecule has 1 fully saturated rings. The van der Waals surface area contributed by atoms with E-state index in [2.05, 4.69) is 5.32 Å². The molecule has 1 saturated carbocycles. The molecule has 4 heteroatoms. The van der Waals surface area contributed by atoms with Gasteiger partial charge in [-0.05, 0) is 37.0 Å². The van der Waals surface area contributed by atoms with Crippen molar-refractivity contribution in [1.82, 2.24) is 5.32 Å². The van der Waals surface area contributed by atoms with E-state index in [1.165, 1.54) is 25.7 Å². The molecule has 0 aliphatic heterocycles. The summed E-state index contributed by atoms with van der Waals surface area (Å²) >= 11 is 6.06. The molecule has 1 aliphatic carbocycles. The fourth-order valence-corrected chi connectivity index (χ4v) is 3.44. The van der Waals surface area contributed by atoms with Crippen molar-refractivity contribution in [1.29, 1.82) is 0 Å². The lowest BCUT2D eigenvalue weighted by Crippen LogP contribution is -2.53. The zero-order valence-corrected chi connectivity index (χ0v) is 13.3. The van der Waals surface area contributed by atoms with E-state index in [-0.39, 0.29) is 6.04 Å². The minimum atomic E-state index is -1.04. The van der Waals surface area contributed by atoms with Crippen LogP contribution in [0.3, 0.4) is 0 Å². The standard InChI is InChI=1S/C17H24ClNO2/c1-2-17(16(20)21,13-8-7-9-14(18)12-13)19-15-10-5-3-4-6-11-15/h7-9,12,15,19H,2-6,10-11H2,1H3,(H,20,21). The van der Waals surface area contributed by atoms with Crippen molar-refractivity contribution < 1.29 is 9.90 Å². The van der Waals surface area contributed by atoms with Crippen molar-refractivity contribution in [3.05, 3.63) is 34.9 Å². The van der Waals surface area contributed by atoms with Crippen LogP contribution in [0.1, 0.15) is 57.4 Å². The molecule has 21 heavy (non-hydrogen) atoms. The summed E-state index contributed by atoms with van der Waals surface area (Å²) in [5, 5.41) is 13.9. The van der Waals surface area contributed by atoms with Crippen molar-refractivity contribution in [2.45, 2.75) is 63.5 Å². The van der Waals surface area contributed by atoms with Crippen LogP contribution in [0.15, 0.2) is 24.3 Å². The molecule has 0 radical (unpaired) electrons. The summed E-state index contributed by atoms with van der Waals surface area (Å²) in [6.45, 7) is 1.92. The van der Waals surface area contributed by atoms with E-state index < -0.39 is 11.5 Å². The smallest absolute Gasteiger partial charge is 0.328 e. The number of aliphatic carboxylic acids is 1. The van der Waals surface area contributed by atoms with Crippen LogP contribution in [0.5, 0.6) is 0 Å². The number of hydrogen-bond acceptors (Lipinski definition) is 2. The highest BCUT2D eigenvalue weighted by molar-refractivity contribution is 6.30. The lowest BCUT2D eigenvalue weighted by Gasteiger charge is -2.34. The van der Waals surface area contributed by atoms with Gasteiger partial charge in [-0.25, -0.2) is 4.79 Å². The maximum absolute atomic E-state index is 12.0. The molecule has 116 valence electrons. The zero-order valence-electron chi connectivity index (χ0n) is 12.6. The van der Waals surface area contributed by atoms with Gasteiger partial charge in [0.2, 0.25) is 0 Å². The minimum Gasteiger partial charge on any atom is -0.480 e. The van der Waals surface area contributed by atoms with E-state index in [0.29, 0.717) is 11.4 Å². The predicted octanol–water partition coefficient (Wildman–Crippen LogP) is 4.34. The zero-order chi connectivity index (χ0) is 15.3. The third kappa shape index (κ3) is 3.78. The third-order valence-electron chi connectivity index (χ3n) is 4.52. The predicted molar refractivity (Wildman–Crippen MR) is 85.7 cm³/mol. The Bertz CT molecular complexity index is 483. The van der Waals surface area contributed by atoms with Crippen LogP contribution in [0.2, 0.25) is 5.02 Å². The molecule has 0 heterocycles. The Kier molecular flexibility index (Phi) is 5.65. The molecular formula is C17H24ClNO2. The summed E-state index contributed by atoms with van der Waals surface area (Å²) in [6.07, 6.45) is 7.45. The average molecular weight is 310 g/mol. The highest BCUT2D eigenvalue weighted by atomic mass is 35.5. The molecule has 3 nitrogen and oxygen atoms in total. The van der Waals surface area contributed by atoms with Crippen molar-refractivity contribution in [3.8, 4) is 0 Å². The normalized spacial score (nSPS) is 19.7. The number of carboxylic acid groups (broad SMARTS) is 1. The maximum atomic E-state index is 12.0. The number of benzene rings is 1. The maximum Gasteiger partial charge on any atom is 0.328 e. The summed E-state index contributed by atoms with van der Waals surface area (Å²) in [5.41, 5.74) is -0.297. The monoisotopic (exact) mass is 309 g/mol. The van der Waals surface area contributed by atoms with Gasteiger partial charge in [0, 0.05) is 11.1 Å². The minimum absolute atomic E-state index is 0.266. The van der Waals surface area contributed by atoms with E-state index in [4.69, 9.17) is 11.6 Å². The van der Waals surface area contributed by atoms with E-state index in [9.17, 15) is 9.90 Å². The first-order valence-corrected chi connectivity index (χ1v) is 8.23. The van der Waals surface area contributed by atoms with Gasteiger partial charge in [0.15, 0.2) is 0 Å². The summed E-state index contributed by atoms with van der Waals surface area (Å²) in [4.78, 5) is 12.0. The van der Waals surface area contributed by atoms with E-state index in [0.717, 1.165) is 18.4 Å². The number of nitrogens with one attached hydrogen (secondary N) is 1. The number of halogens is 1. The molecule has 1 unspecified atom stereocenters. The second-order valence-corrected chi connectivity index (χ2v) is 6.34. The lowest BCUT2D eigenvalue weighted by atomic mass is 9.85. The van der Waals surface area contributed by atoms with Gasteiger partial charge >= 0.3 is 5.97 Å². The second kappa shape index (κ2) is 7.28. The molecule has 0 aromatic heterocycles. The lowest BCUT2D eigenvalue weighted by molar-refractivity contribution is -0.146. The molecule has 0 spiro atoms. The van der Waals surface area contributed by atoms with Gasteiger partial charge in [0.05, 0.1) is 0 Å². The Balaban J connectivity index is 2.30. The van der Waals surface area contributed by atoms with Crippen LogP contribution in [0.25, 0.3) is 0 Å². The Hall–Kier alpha value is -1.06. The topological polar surface area (TPSA) is 49.3 Å². The van der Waals surface area contributed by atoms with Crippen LogP contribution in [0.4, 0.5) is 0 Å². The van der Waals surface area contributed by atoms with Gasteiger partial charge in [-0.2, -0.15) is 0 Å². The number of carbonyl (C=O) groups is 1. The Labute approximate surface area is 131 Å². The van der Waals surface area contributed by atoms with E-state index >= 15 is 0 Å². The van der Waals surface area contributed by atoms with Gasteiger partial charge in [0.25, 0.3) is 0 Å². The largest absolute Gasteiger partial charge is 0.480 e. The molecule has 2 N–H and O–H groups in total. The highest BCUT2D eigenvalue weighted by Crippen LogP contribution is 2.30. The Morgan fingerprint density at radius 2 is 2.00 bits per heavy atom. The molecule has 0 bridgehead atoms. The van der Waals surface area contributed by atoms with Crippen LogP contribution in [-0.4, -0.2) is 17.1 Å². The van der Waals surface area contributed by atoms with Crippen molar-refractivity contribution in [2.24, 2.45) is 0 Å². The van der Waals surface area contributed by atoms with Crippen LogP contribution >= 0.6 is 11.6 Å². The Morgan fingerprint density at radius 3 is 2.52 bits per heavy atom. The number of rotatable bonds is 5. The third-order valence-corrected chi connectivity index (χ3v) is 4.75. The van der Waals surface area contributed by atoms with Crippen LogP contribution in [0, 0.1) is 0 Å². The first kappa shape index (κ1) is 16.3. The average Bonchev–Trinajstić information content (AvgIpc) is 2.73. The van der Waals surface area contributed by atoms with Gasteiger partial charge in [-0.15, -0.1) is 0 Å². The number of hydrogen-bond donors (Lipinski definition) is 2. The molecular weight excluding hydrogens is 286 g/mol. The fraction of sp³-hybridized carbons (Fsp3) is 0.588. The van der Waals surface area contributed by atoms with Gasteiger partial charge in [0.1, 0.15) is 5.54 Å². The second-order valence-electron chi connectivity index (χ2n) is 5.91. The number of carboxylic acids is 1. The van der Waals surface area contributed by atoms with Gasteiger partial charge in [-0.3, -0.25) is 5.32 Å². The molecule has 2 rings (SSSR count). The van der Waals surface area contributed by atoms with Crippen LogP contribution < -0.4 is 5.32 Å². The van der Waals surface area contributed by atoms with Crippen molar-refractivity contribution in [2.75, 3.05) is 0 Å². The highest BCUT2D eigenvalue weighted by Gasteiger charge is 2.40. The molecule has 0 saturated heterocycles. The molecule has 1 atom stereocenters. The van der Waals surface area contributed by atoms with Gasteiger partial charge in [-0.1, -0.05) is 56.3 Å². The summed E-state index contributed by atoms with van der Waals surface area (Å²) < 4.78 is 0. The fourth-order valence-electron chi connectivity index (χ4n) is 3.25. The molecule has 0 amide bonds. The summed E-state index contributed by atoms with van der Waals surface area (Å²) in [5.74, 6) is -0.823. The first-order chi connectivity index (χ1) is 10.1. The van der Waals surface area contributed by atoms with Crippen molar-refractivity contribution in [3.63, 3.8) is 0 Å². The van der Waals surface area contributed by atoms with Crippen molar-refractivity contribution >= 4 is 17.6 Å².